The molecule has 0 radical (unpaired) electrons. The molecule has 2 N–H and O–H groups in total. The number of ether oxygens (including phenoxy) is 1. The molecule has 1 aliphatic rings. The van der Waals surface area contributed by atoms with Crippen molar-refractivity contribution in [3.63, 3.8) is 0 Å². The molecule has 0 bridgehead atoms. The number of aryl methyl sites for hydroxylation is 1. The number of aromatic nitrogens is 4. The third-order valence-corrected chi connectivity index (χ3v) is 5.50. The van der Waals surface area contributed by atoms with E-state index < -0.39 is 0 Å². The monoisotopic (exact) mass is 437 g/mol. The van der Waals surface area contributed by atoms with Crippen molar-refractivity contribution in [2.75, 3.05) is 43.6 Å². The first-order valence-electron chi connectivity index (χ1n) is 10.6. The van der Waals surface area contributed by atoms with Crippen LogP contribution in [0.2, 0.25) is 0 Å². The summed E-state index contributed by atoms with van der Waals surface area (Å²) in [4.78, 5) is 35.3. The predicted molar refractivity (Wildman–Crippen MR) is 120 cm³/mol. The highest BCUT2D eigenvalue weighted by Gasteiger charge is 2.34. The van der Waals surface area contributed by atoms with E-state index in [1.807, 2.05) is 31.2 Å². The fraction of sp³-hybridized carbons (Fsp3) is 0.409. The summed E-state index contributed by atoms with van der Waals surface area (Å²) in [7, 11) is 1.64. The molecule has 0 spiro atoms. The third-order valence-electron chi connectivity index (χ3n) is 5.50. The topological polar surface area (TPSA) is 114 Å². The number of nitrogens with one attached hydrogen (secondary N) is 2. The van der Waals surface area contributed by atoms with Gasteiger partial charge in [0.1, 0.15) is 12.1 Å². The van der Waals surface area contributed by atoms with Gasteiger partial charge in [0, 0.05) is 38.9 Å². The molecule has 3 aromatic rings. The number of rotatable bonds is 9. The van der Waals surface area contributed by atoms with Gasteiger partial charge >= 0.3 is 0 Å². The first kappa shape index (κ1) is 21.7. The van der Waals surface area contributed by atoms with Gasteiger partial charge in [-0.1, -0.05) is 17.7 Å². The maximum atomic E-state index is 12.6. The second-order valence-corrected chi connectivity index (χ2v) is 7.78. The van der Waals surface area contributed by atoms with Gasteiger partial charge in [-0.2, -0.15) is 5.10 Å². The van der Waals surface area contributed by atoms with E-state index in [-0.39, 0.29) is 24.2 Å². The Morgan fingerprint density at radius 2 is 2.03 bits per heavy atom. The van der Waals surface area contributed by atoms with E-state index in [1.165, 1.54) is 6.33 Å². The van der Waals surface area contributed by atoms with E-state index >= 15 is 0 Å². The van der Waals surface area contributed by atoms with Gasteiger partial charge in [0.15, 0.2) is 5.65 Å². The Labute approximate surface area is 186 Å². The zero-order valence-corrected chi connectivity index (χ0v) is 18.2. The molecule has 1 aliphatic heterocycles. The smallest absolute Gasteiger partial charge is 0.227 e. The molecule has 4 rings (SSSR count). The van der Waals surface area contributed by atoms with E-state index in [9.17, 15) is 9.59 Å². The zero-order valence-electron chi connectivity index (χ0n) is 18.2. The normalized spacial score (nSPS) is 16.0. The van der Waals surface area contributed by atoms with Gasteiger partial charge in [-0.05, 0) is 19.1 Å². The number of nitrogens with zero attached hydrogens (tertiary/aromatic N) is 5. The number of carbonyl (C=O) groups excluding carboxylic acids is 2. The van der Waals surface area contributed by atoms with Gasteiger partial charge in [0.25, 0.3) is 0 Å². The highest BCUT2D eigenvalue weighted by atomic mass is 16.5. The molecule has 2 aromatic heterocycles. The number of methoxy groups -OCH3 is 1. The minimum Gasteiger partial charge on any atom is -0.383 e. The van der Waals surface area contributed by atoms with Crippen LogP contribution in [0.3, 0.4) is 0 Å². The van der Waals surface area contributed by atoms with Crippen LogP contribution >= 0.6 is 0 Å². The van der Waals surface area contributed by atoms with Crippen molar-refractivity contribution in [2.45, 2.75) is 19.9 Å². The maximum Gasteiger partial charge on any atom is 0.227 e. The minimum absolute atomic E-state index is 0.0303. The summed E-state index contributed by atoms with van der Waals surface area (Å²) in [6, 6.07) is 7.76. The fourth-order valence-electron chi connectivity index (χ4n) is 3.76. The Morgan fingerprint density at radius 3 is 2.81 bits per heavy atom. The van der Waals surface area contributed by atoms with Gasteiger partial charge in [-0.25, -0.2) is 14.6 Å². The average Bonchev–Trinajstić information content (AvgIpc) is 3.39. The zero-order chi connectivity index (χ0) is 22.5. The number of hydrogen-bond donors (Lipinski definition) is 2. The SMILES string of the molecule is COCCNc1ncnc2c1cnn2CCNC(=O)C1CC(=O)N(c2ccc(C)cc2)C1. The van der Waals surface area contributed by atoms with Crippen molar-refractivity contribution in [1.29, 1.82) is 0 Å². The Morgan fingerprint density at radius 1 is 1.22 bits per heavy atom. The lowest BCUT2D eigenvalue weighted by atomic mass is 10.1. The molecule has 168 valence electrons. The molecule has 1 unspecified atom stereocenters. The van der Waals surface area contributed by atoms with Crippen molar-refractivity contribution in [2.24, 2.45) is 5.92 Å². The molecule has 1 atom stereocenters. The average molecular weight is 438 g/mol. The highest BCUT2D eigenvalue weighted by Crippen LogP contribution is 2.25. The van der Waals surface area contributed by atoms with Crippen LogP contribution in [-0.2, 0) is 20.9 Å². The summed E-state index contributed by atoms with van der Waals surface area (Å²) in [6.45, 7) is 4.44. The van der Waals surface area contributed by atoms with Crippen LogP contribution in [0.25, 0.3) is 11.0 Å². The number of hydrogen-bond acceptors (Lipinski definition) is 7. The molecule has 10 nitrogen and oxygen atoms in total. The van der Waals surface area contributed by atoms with Crippen molar-refractivity contribution in [1.82, 2.24) is 25.1 Å². The lowest BCUT2D eigenvalue weighted by Gasteiger charge is -2.17. The molecular weight excluding hydrogens is 410 g/mol. The lowest BCUT2D eigenvalue weighted by Crippen LogP contribution is -2.35. The van der Waals surface area contributed by atoms with E-state index in [0.29, 0.717) is 44.3 Å². The molecule has 0 saturated carbocycles. The summed E-state index contributed by atoms with van der Waals surface area (Å²) in [6.07, 6.45) is 3.41. The number of fused-ring (bicyclic) bond motifs is 1. The minimum atomic E-state index is -0.364. The van der Waals surface area contributed by atoms with Gasteiger partial charge in [-0.3, -0.25) is 9.59 Å². The van der Waals surface area contributed by atoms with Crippen LogP contribution in [0, 0.1) is 12.8 Å². The molecule has 0 aliphatic carbocycles. The first-order valence-corrected chi connectivity index (χ1v) is 10.6. The van der Waals surface area contributed by atoms with Gasteiger partial charge < -0.3 is 20.3 Å². The quantitative estimate of drug-likeness (QED) is 0.486. The lowest BCUT2D eigenvalue weighted by molar-refractivity contribution is -0.126. The second kappa shape index (κ2) is 9.73. The van der Waals surface area contributed by atoms with Crippen LogP contribution < -0.4 is 15.5 Å². The van der Waals surface area contributed by atoms with Crippen molar-refractivity contribution in [3.8, 4) is 0 Å². The van der Waals surface area contributed by atoms with E-state index in [2.05, 4.69) is 25.7 Å². The van der Waals surface area contributed by atoms with Crippen LogP contribution in [0.15, 0.2) is 36.8 Å². The highest BCUT2D eigenvalue weighted by molar-refractivity contribution is 6.00. The van der Waals surface area contributed by atoms with Crippen LogP contribution in [-0.4, -0.2) is 64.9 Å². The van der Waals surface area contributed by atoms with Crippen LogP contribution in [0.4, 0.5) is 11.5 Å². The van der Waals surface area contributed by atoms with Gasteiger partial charge in [0.05, 0.1) is 30.7 Å². The molecule has 1 saturated heterocycles. The summed E-state index contributed by atoms with van der Waals surface area (Å²) in [5, 5.41) is 11.3. The Balaban J connectivity index is 1.32. The molecule has 1 fully saturated rings. The standard InChI is InChI=1S/C22H27N7O3/c1-15-3-5-17(6-4-15)28-13-16(11-19(28)30)22(31)24-7-9-29-21-18(12-27-29)20(25-14-26-21)23-8-10-32-2/h3-6,12,14,16H,7-11,13H2,1-2H3,(H,24,31)(H,23,25,26). The first-order chi connectivity index (χ1) is 15.6. The maximum absolute atomic E-state index is 12.6. The molecule has 1 aromatic carbocycles. The molecule has 10 heteroatoms. The van der Waals surface area contributed by atoms with Crippen LogP contribution in [0.5, 0.6) is 0 Å². The molecule has 2 amide bonds. The number of benzene rings is 1. The number of amides is 2. The Bertz CT molecular complexity index is 1100. The summed E-state index contributed by atoms with van der Waals surface area (Å²) in [5.74, 6) is 0.179. The largest absolute Gasteiger partial charge is 0.383 e. The van der Waals surface area contributed by atoms with Crippen molar-refractivity contribution in [3.05, 3.63) is 42.4 Å². The summed E-state index contributed by atoms with van der Waals surface area (Å²) < 4.78 is 6.78. The van der Waals surface area contributed by atoms with Crippen molar-refractivity contribution < 1.29 is 14.3 Å². The predicted octanol–water partition coefficient (Wildman–Crippen LogP) is 1.36. The van der Waals surface area contributed by atoms with E-state index in [1.54, 1.807) is 22.9 Å². The third kappa shape index (κ3) is 4.70. The molecule has 3 heterocycles. The number of anilines is 2. The second-order valence-electron chi connectivity index (χ2n) is 7.78. The Hall–Kier alpha value is -3.53. The summed E-state index contributed by atoms with van der Waals surface area (Å²) >= 11 is 0. The number of carbonyl (C=O) groups is 2. The Kier molecular flexibility index (Phi) is 6.60. The van der Waals surface area contributed by atoms with Gasteiger partial charge in [-0.15, -0.1) is 0 Å². The van der Waals surface area contributed by atoms with Crippen molar-refractivity contribution >= 4 is 34.4 Å². The van der Waals surface area contributed by atoms with Gasteiger partial charge in [0.2, 0.25) is 11.8 Å². The fourth-order valence-corrected chi connectivity index (χ4v) is 3.76. The summed E-state index contributed by atoms with van der Waals surface area (Å²) in [5.41, 5.74) is 2.65. The molecule has 32 heavy (non-hydrogen) atoms. The van der Waals surface area contributed by atoms with E-state index in [4.69, 9.17) is 4.74 Å². The van der Waals surface area contributed by atoms with E-state index in [0.717, 1.165) is 16.6 Å². The molecular formula is C22H27N7O3. The van der Waals surface area contributed by atoms with Crippen LogP contribution in [0.1, 0.15) is 12.0 Å².